The molecule has 0 fully saturated rings. The molecule has 0 unspecified atom stereocenters. The molecule has 1 rings (SSSR count). The van der Waals surface area contributed by atoms with Crippen molar-refractivity contribution < 1.29 is 5.21 Å². The minimum atomic E-state index is 0.226. The zero-order valence-electron chi connectivity index (χ0n) is 11.2. The summed E-state index contributed by atoms with van der Waals surface area (Å²) in [5.74, 6) is 1.55. The number of nitrogens with zero attached hydrogens (tertiary/aromatic N) is 4. The Morgan fingerprint density at radius 3 is 2.83 bits per heavy atom. The van der Waals surface area contributed by atoms with Gasteiger partial charge in [0.25, 0.3) is 0 Å². The Bertz CT molecular complexity index is 405. The van der Waals surface area contributed by atoms with Crippen LogP contribution in [0.15, 0.2) is 17.4 Å². The average Bonchev–Trinajstić information content (AvgIpc) is 2.33. The first-order chi connectivity index (χ1) is 8.52. The molecule has 0 saturated carbocycles. The second-order valence-corrected chi connectivity index (χ2v) is 4.77. The lowest BCUT2D eigenvalue weighted by molar-refractivity contribution is 0.317. The molecule has 6 nitrogen and oxygen atoms in total. The van der Waals surface area contributed by atoms with Crippen LogP contribution < -0.4 is 10.6 Å². The molecule has 0 atom stereocenters. The number of nitrogens with two attached hydrogens (primary N) is 1. The second kappa shape index (κ2) is 6.78. The van der Waals surface area contributed by atoms with E-state index in [4.69, 9.17) is 10.9 Å². The number of hydrogen-bond donors (Lipinski definition) is 2. The van der Waals surface area contributed by atoms with Crippen LogP contribution in [0.1, 0.15) is 25.8 Å². The Labute approximate surface area is 108 Å². The number of aromatic nitrogens is 2. The topological polar surface area (TPSA) is 87.6 Å². The molecule has 0 aromatic carbocycles. The van der Waals surface area contributed by atoms with Crippen LogP contribution in [0.3, 0.4) is 0 Å². The predicted octanol–water partition coefficient (Wildman–Crippen LogP) is 1.38. The average molecular weight is 251 g/mol. The molecule has 1 heterocycles. The Hall–Kier alpha value is -1.85. The highest BCUT2D eigenvalue weighted by atomic mass is 16.4. The van der Waals surface area contributed by atoms with E-state index >= 15 is 0 Å². The van der Waals surface area contributed by atoms with Crippen LogP contribution in [0.5, 0.6) is 0 Å². The molecule has 0 aliphatic carbocycles. The molecule has 0 aliphatic rings. The van der Waals surface area contributed by atoms with E-state index in [1.165, 1.54) is 0 Å². The van der Waals surface area contributed by atoms with Gasteiger partial charge in [-0.05, 0) is 24.5 Å². The van der Waals surface area contributed by atoms with Crippen LogP contribution in [0, 0.1) is 12.8 Å². The molecule has 18 heavy (non-hydrogen) atoms. The van der Waals surface area contributed by atoms with Gasteiger partial charge in [0.05, 0.1) is 6.20 Å². The molecule has 6 heteroatoms. The van der Waals surface area contributed by atoms with Crippen molar-refractivity contribution in [1.82, 2.24) is 10.2 Å². The van der Waals surface area contributed by atoms with Gasteiger partial charge >= 0.3 is 0 Å². The maximum Gasteiger partial charge on any atom is 0.151 e. The lowest BCUT2D eigenvalue weighted by Gasteiger charge is -2.25. The predicted molar refractivity (Wildman–Crippen MR) is 71.8 cm³/mol. The van der Waals surface area contributed by atoms with Gasteiger partial charge < -0.3 is 15.8 Å². The SMILES string of the molecule is Cc1cnnc(N(CC/C(N)=N/O)CC(C)C)c1. The van der Waals surface area contributed by atoms with Gasteiger partial charge in [-0.2, -0.15) is 5.10 Å². The fraction of sp³-hybridized carbons (Fsp3) is 0.583. The Balaban J connectivity index is 2.77. The summed E-state index contributed by atoms with van der Waals surface area (Å²) in [6, 6.07) is 1.99. The highest BCUT2D eigenvalue weighted by Crippen LogP contribution is 2.13. The van der Waals surface area contributed by atoms with Gasteiger partial charge in [-0.1, -0.05) is 19.0 Å². The van der Waals surface area contributed by atoms with Crippen LogP contribution in [0.4, 0.5) is 5.82 Å². The molecule has 1 aromatic heterocycles. The van der Waals surface area contributed by atoms with Crippen molar-refractivity contribution in [2.75, 3.05) is 18.0 Å². The maximum absolute atomic E-state index is 8.56. The van der Waals surface area contributed by atoms with Gasteiger partial charge in [-0.15, -0.1) is 5.10 Å². The summed E-state index contributed by atoms with van der Waals surface area (Å²) < 4.78 is 0. The standard InChI is InChI=1S/C12H21N5O/c1-9(2)8-17(5-4-11(13)16-18)12-6-10(3)7-14-15-12/h6-7,9,18H,4-5,8H2,1-3H3,(H2,13,16). The smallest absolute Gasteiger partial charge is 0.151 e. The number of rotatable bonds is 6. The van der Waals surface area contributed by atoms with Crippen LogP contribution in [-0.2, 0) is 0 Å². The van der Waals surface area contributed by atoms with E-state index in [2.05, 4.69) is 34.1 Å². The minimum Gasteiger partial charge on any atom is -0.409 e. The first-order valence-electron chi connectivity index (χ1n) is 6.03. The highest BCUT2D eigenvalue weighted by Gasteiger charge is 2.11. The van der Waals surface area contributed by atoms with Gasteiger partial charge in [-0.25, -0.2) is 0 Å². The molecule has 0 aliphatic heterocycles. The highest BCUT2D eigenvalue weighted by molar-refractivity contribution is 5.80. The molecule has 3 N–H and O–H groups in total. The number of aryl methyl sites for hydroxylation is 1. The van der Waals surface area contributed by atoms with E-state index in [1.807, 2.05) is 13.0 Å². The summed E-state index contributed by atoms with van der Waals surface area (Å²) in [6.45, 7) is 7.78. The molecule has 1 aromatic rings. The van der Waals surface area contributed by atoms with E-state index in [-0.39, 0.29) is 5.84 Å². The summed E-state index contributed by atoms with van der Waals surface area (Å²) in [6.07, 6.45) is 2.22. The molecular weight excluding hydrogens is 230 g/mol. The lowest BCUT2D eigenvalue weighted by atomic mass is 10.2. The van der Waals surface area contributed by atoms with Gasteiger partial charge in [-0.3, -0.25) is 0 Å². The summed E-state index contributed by atoms with van der Waals surface area (Å²) in [5.41, 5.74) is 6.56. The minimum absolute atomic E-state index is 0.226. The van der Waals surface area contributed by atoms with Crippen LogP contribution >= 0.6 is 0 Å². The van der Waals surface area contributed by atoms with Gasteiger partial charge in [0.15, 0.2) is 5.82 Å². The molecular formula is C12H21N5O. The van der Waals surface area contributed by atoms with Crippen molar-refractivity contribution in [2.24, 2.45) is 16.8 Å². The van der Waals surface area contributed by atoms with Crippen LogP contribution in [-0.4, -0.2) is 34.3 Å². The summed E-state index contributed by atoms with van der Waals surface area (Å²) >= 11 is 0. The zero-order valence-corrected chi connectivity index (χ0v) is 11.2. The monoisotopic (exact) mass is 251 g/mol. The van der Waals surface area contributed by atoms with E-state index in [1.54, 1.807) is 6.20 Å². The number of anilines is 1. The third-order valence-corrected chi connectivity index (χ3v) is 2.45. The third kappa shape index (κ3) is 4.57. The van der Waals surface area contributed by atoms with Crippen LogP contribution in [0.25, 0.3) is 0 Å². The fourth-order valence-corrected chi connectivity index (χ4v) is 1.64. The Morgan fingerprint density at radius 2 is 2.28 bits per heavy atom. The van der Waals surface area contributed by atoms with Gasteiger partial charge in [0, 0.05) is 19.5 Å². The maximum atomic E-state index is 8.56. The van der Waals surface area contributed by atoms with Crippen molar-refractivity contribution >= 4 is 11.7 Å². The number of oxime groups is 1. The molecule has 0 amide bonds. The summed E-state index contributed by atoms with van der Waals surface area (Å²) in [5, 5.41) is 19.6. The molecule has 0 radical (unpaired) electrons. The van der Waals surface area contributed by atoms with Crippen LogP contribution in [0.2, 0.25) is 0 Å². The molecule has 100 valence electrons. The molecule has 0 saturated heterocycles. The van der Waals surface area contributed by atoms with E-state index < -0.39 is 0 Å². The molecule has 0 spiro atoms. The van der Waals surface area contributed by atoms with Crippen molar-refractivity contribution in [3.8, 4) is 0 Å². The van der Waals surface area contributed by atoms with Crippen molar-refractivity contribution in [3.05, 3.63) is 17.8 Å². The second-order valence-electron chi connectivity index (χ2n) is 4.77. The van der Waals surface area contributed by atoms with Gasteiger partial charge in [0.1, 0.15) is 5.84 Å². The summed E-state index contributed by atoms with van der Waals surface area (Å²) in [7, 11) is 0. The normalized spacial score (nSPS) is 11.9. The van der Waals surface area contributed by atoms with Crippen molar-refractivity contribution in [2.45, 2.75) is 27.2 Å². The third-order valence-electron chi connectivity index (χ3n) is 2.45. The molecule has 0 bridgehead atoms. The van der Waals surface area contributed by atoms with E-state index in [0.29, 0.717) is 18.9 Å². The van der Waals surface area contributed by atoms with Crippen molar-refractivity contribution in [3.63, 3.8) is 0 Å². The number of amidine groups is 1. The zero-order chi connectivity index (χ0) is 13.5. The Kier molecular flexibility index (Phi) is 5.35. The quantitative estimate of drug-likeness (QED) is 0.345. The first-order valence-corrected chi connectivity index (χ1v) is 6.03. The lowest BCUT2D eigenvalue weighted by Crippen LogP contribution is -2.32. The summed E-state index contributed by atoms with van der Waals surface area (Å²) in [4.78, 5) is 2.10. The van der Waals surface area contributed by atoms with E-state index in [0.717, 1.165) is 17.9 Å². The number of hydrogen-bond acceptors (Lipinski definition) is 5. The fourth-order valence-electron chi connectivity index (χ4n) is 1.64. The first kappa shape index (κ1) is 14.2. The Morgan fingerprint density at radius 1 is 1.56 bits per heavy atom. The van der Waals surface area contributed by atoms with Gasteiger partial charge in [0.2, 0.25) is 0 Å². The van der Waals surface area contributed by atoms with Crippen molar-refractivity contribution in [1.29, 1.82) is 0 Å². The largest absolute Gasteiger partial charge is 0.409 e. The van der Waals surface area contributed by atoms with E-state index in [9.17, 15) is 0 Å².